The van der Waals surface area contributed by atoms with E-state index in [4.69, 9.17) is 4.42 Å². The summed E-state index contributed by atoms with van der Waals surface area (Å²) in [5.41, 5.74) is 2.55. The van der Waals surface area contributed by atoms with Crippen molar-refractivity contribution in [2.45, 2.75) is 40.4 Å². The molecule has 0 amide bonds. The van der Waals surface area contributed by atoms with Crippen LogP contribution in [0.25, 0.3) is 0 Å². The van der Waals surface area contributed by atoms with E-state index in [2.05, 4.69) is 65.6 Å². The Morgan fingerprint density at radius 2 is 1.69 bits per heavy atom. The van der Waals surface area contributed by atoms with E-state index in [0.717, 1.165) is 37.9 Å². The Hall–Kier alpha value is -1.54. The van der Waals surface area contributed by atoms with Gasteiger partial charge in [0.05, 0.1) is 19.4 Å². The number of hydrogen-bond donors (Lipinski definition) is 2. The molecule has 0 saturated carbocycles. The zero-order chi connectivity index (χ0) is 17.9. The molecule has 0 fully saturated rings. The summed E-state index contributed by atoms with van der Waals surface area (Å²) in [6.07, 6.45) is 1.68. The third kappa shape index (κ3) is 7.78. The predicted molar refractivity (Wildman–Crippen MR) is 119 cm³/mol. The van der Waals surface area contributed by atoms with Crippen LogP contribution in [0.2, 0.25) is 0 Å². The van der Waals surface area contributed by atoms with Gasteiger partial charge in [0.25, 0.3) is 0 Å². The van der Waals surface area contributed by atoms with Crippen LogP contribution in [-0.4, -0.2) is 30.5 Å². The van der Waals surface area contributed by atoms with Crippen LogP contribution in [0.3, 0.4) is 0 Å². The third-order valence-electron chi connectivity index (χ3n) is 4.10. The second-order valence-electron chi connectivity index (χ2n) is 5.91. The molecule has 1 aromatic carbocycles. The number of guanidine groups is 1. The largest absolute Gasteiger partial charge is 0.467 e. The van der Waals surface area contributed by atoms with Gasteiger partial charge in [0, 0.05) is 13.1 Å². The molecule has 1 aromatic heterocycles. The number of hydrogen-bond acceptors (Lipinski definition) is 3. The molecule has 0 aliphatic heterocycles. The molecule has 144 valence electrons. The molecule has 2 rings (SSSR count). The van der Waals surface area contributed by atoms with Crippen molar-refractivity contribution in [2.75, 3.05) is 19.6 Å². The van der Waals surface area contributed by atoms with E-state index < -0.39 is 0 Å². The van der Waals surface area contributed by atoms with E-state index in [0.29, 0.717) is 13.1 Å². The van der Waals surface area contributed by atoms with Crippen molar-refractivity contribution in [1.29, 1.82) is 0 Å². The Morgan fingerprint density at radius 1 is 1.00 bits per heavy atom. The summed E-state index contributed by atoms with van der Waals surface area (Å²) in [7, 11) is 0. The topological polar surface area (TPSA) is 52.8 Å². The highest BCUT2D eigenvalue weighted by molar-refractivity contribution is 14.0. The Labute approximate surface area is 174 Å². The summed E-state index contributed by atoms with van der Waals surface area (Å²) in [5.74, 6) is 1.69. The van der Waals surface area contributed by atoms with Gasteiger partial charge in [-0.25, -0.2) is 4.99 Å². The van der Waals surface area contributed by atoms with E-state index in [9.17, 15) is 0 Å². The van der Waals surface area contributed by atoms with Crippen LogP contribution in [0.15, 0.2) is 52.1 Å². The van der Waals surface area contributed by atoms with Crippen molar-refractivity contribution >= 4 is 29.9 Å². The van der Waals surface area contributed by atoms with Crippen LogP contribution < -0.4 is 10.6 Å². The fourth-order valence-electron chi connectivity index (χ4n) is 2.55. The number of furan rings is 1. The number of nitrogens with one attached hydrogen (secondary N) is 2. The summed E-state index contributed by atoms with van der Waals surface area (Å²) in [5, 5.41) is 6.54. The molecular formula is C20H31IN4O. The molecule has 0 unspecified atom stereocenters. The second kappa shape index (κ2) is 12.8. The van der Waals surface area contributed by atoms with Gasteiger partial charge >= 0.3 is 0 Å². The number of rotatable bonds is 9. The number of halogens is 1. The highest BCUT2D eigenvalue weighted by atomic mass is 127. The molecule has 0 bridgehead atoms. The van der Waals surface area contributed by atoms with Crippen molar-refractivity contribution in [2.24, 2.45) is 4.99 Å². The van der Waals surface area contributed by atoms with Crippen molar-refractivity contribution in [3.63, 3.8) is 0 Å². The van der Waals surface area contributed by atoms with E-state index in [-0.39, 0.29) is 24.0 Å². The molecular weight excluding hydrogens is 439 g/mol. The molecule has 0 saturated heterocycles. The standard InChI is InChI=1S/C20H30N4O.HI/c1-4-21-20(23-15-19-8-7-13-25-19)22-14-17-9-11-18(12-10-17)16-24(5-2)6-3;/h7-13H,4-6,14-16H2,1-3H3,(H2,21,22,23);1H. The molecule has 26 heavy (non-hydrogen) atoms. The van der Waals surface area contributed by atoms with Crippen LogP contribution in [0.4, 0.5) is 0 Å². The molecule has 0 aliphatic rings. The van der Waals surface area contributed by atoms with Gasteiger partial charge in [0.1, 0.15) is 5.76 Å². The quantitative estimate of drug-likeness (QED) is 0.331. The number of benzene rings is 1. The van der Waals surface area contributed by atoms with Gasteiger partial charge < -0.3 is 15.1 Å². The molecule has 5 nitrogen and oxygen atoms in total. The van der Waals surface area contributed by atoms with Crippen LogP contribution in [0.5, 0.6) is 0 Å². The van der Waals surface area contributed by atoms with Crippen molar-refractivity contribution in [1.82, 2.24) is 15.5 Å². The second-order valence-corrected chi connectivity index (χ2v) is 5.91. The average Bonchev–Trinajstić information content (AvgIpc) is 3.16. The van der Waals surface area contributed by atoms with Gasteiger partial charge in [-0.2, -0.15) is 0 Å². The summed E-state index contributed by atoms with van der Waals surface area (Å²) >= 11 is 0. The van der Waals surface area contributed by atoms with Crippen LogP contribution in [0.1, 0.15) is 37.7 Å². The summed E-state index contributed by atoms with van der Waals surface area (Å²) < 4.78 is 5.34. The molecule has 2 aromatic rings. The lowest BCUT2D eigenvalue weighted by atomic mass is 10.1. The summed E-state index contributed by atoms with van der Waals surface area (Å²) in [4.78, 5) is 7.06. The molecule has 0 atom stereocenters. The van der Waals surface area contributed by atoms with E-state index in [1.807, 2.05) is 12.1 Å². The van der Waals surface area contributed by atoms with Gasteiger partial charge in [0.2, 0.25) is 0 Å². The van der Waals surface area contributed by atoms with Gasteiger partial charge in [0.15, 0.2) is 5.96 Å². The maximum atomic E-state index is 5.34. The highest BCUT2D eigenvalue weighted by Crippen LogP contribution is 2.08. The maximum Gasteiger partial charge on any atom is 0.191 e. The highest BCUT2D eigenvalue weighted by Gasteiger charge is 2.02. The fraction of sp³-hybridized carbons (Fsp3) is 0.450. The van der Waals surface area contributed by atoms with Crippen molar-refractivity contribution < 1.29 is 4.42 Å². The minimum Gasteiger partial charge on any atom is -0.467 e. The molecule has 0 radical (unpaired) electrons. The maximum absolute atomic E-state index is 5.34. The minimum atomic E-state index is 0. The summed E-state index contributed by atoms with van der Waals surface area (Å²) in [6.45, 7) is 11.7. The smallest absolute Gasteiger partial charge is 0.191 e. The lowest BCUT2D eigenvalue weighted by Gasteiger charge is -2.18. The molecule has 1 heterocycles. The zero-order valence-electron chi connectivity index (χ0n) is 16.0. The Morgan fingerprint density at radius 3 is 2.27 bits per heavy atom. The third-order valence-corrected chi connectivity index (χ3v) is 4.10. The predicted octanol–water partition coefficient (Wildman–Crippen LogP) is 3.99. The Bertz CT molecular complexity index is 622. The lowest BCUT2D eigenvalue weighted by Crippen LogP contribution is -2.36. The lowest BCUT2D eigenvalue weighted by molar-refractivity contribution is 0.296. The first kappa shape index (κ1) is 22.5. The first-order valence-electron chi connectivity index (χ1n) is 9.09. The van der Waals surface area contributed by atoms with E-state index >= 15 is 0 Å². The van der Waals surface area contributed by atoms with Gasteiger partial charge in [-0.15, -0.1) is 24.0 Å². The van der Waals surface area contributed by atoms with Gasteiger partial charge in [-0.1, -0.05) is 38.1 Å². The van der Waals surface area contributed by atoms with Crippen molar-refractivity contribution in [3.8, 4) is 0 Å². The average molecular weight is 470 g/mol. The molecule has 0 spiro atoms. The van der Waals surface area contributed by atoms with Crippen molar-refractivity contribution in [3.05, 3.63) is 59.5 Å². The number of aliphatic imine (C=N–C) groups is 1. The normalized spacial score (nSPS) is 11.3. The summed E-state index contributed by atoms with van der Waals surface area (Å²) in [6, 6.07) is 12.6. The molecule has 2 N–H and O–H groups in total. The van der Waals surface area contributed by atoms with Gasteiger partial charge in [-0.05, 0) is 43.3 Å². The first-order valence-corrected chi connectivity index (χ1v) is 9.09. The van der Waals surface area contributed by atoms with Crippen LogP contribution in [0, 0.1) is 0 Å². The minimum absolute atomic E-state index is 0. The van der Waals surface area contributed by atoms with Gasteiger partial charge in [-0.3, -0.25) is 4.90 Å². The van der Waals surface area contributed by atoms with Crippen LogP contribution >= 0.6 is 24.0 Å². The Kier molecular flexibility index (Phi) is 11.0. The number of nitrogens with zero attached hydrogens (tertiary/aromatic N) is 2. The van der Waals surface area contributed by atoms with E-state index in [1.165, 1.54) is 11.1 Å². The monoisotopic (exact) mass is 470 g/mol. The first-order chi connectivity index (χ1) is 12.2. The zero-order valence-corrected chi connectivity index (χ0v) is 18.3. The van der Waals surface area contributed by atoms with Crippen LogP contribution in [-0.2, 0) is 19.6 Å². The molecule has 6 heteroatoms. The molecule has 0 aliphatic carbocycles. The fourth-order valence-corrected chi connectivity index (χ4v) is 2.55. The Balaban J connectivity index is 0.00000338. The SMILES string of the molecule is CCNC(=NCc1ccc(CN(CC)CC)cc1)NCc1ccco1.I. The van der Waals surface area contributed by atoms with E-state index in [1.54, 1.807) is 6.26 Å².